The monoisotopic (exact) mass is 254 g/mol. The second-order valence-electron chi connectivity index (χ2n) is 5.10. The molecule has 2 unspecified atom stereocenters. The van der Waals surface area contributed by atoms with Crippen molar-refractivity contribution in [3.05, 3.63) is 0 Å². The van der Waals surface area contributed by atoms with Gasteiger partial charge in [-0.05, 0) is 25.2 Å². The van der Waals surface area contributed by atoms with Crippen LogP contribution < -0.4 is 0 Å². The Labute approximate surface area is 101 Å². The molecule has 0 aliphatic rings. The molecule has 0 rings (SSSR count). The summed E-state index contributed by atoms with van der Waals surface area (Å²) in [6, 6.07) is 0. The lowest BCUT2D eigenvalue weighted by atomic mass is 9.88. The van der Waals surface area contributed by atoms with Crippen molar-refractivity contribution in [2.75, 3.05) is 0 Å². The molecule has 0 radical (unpaired) electrons. The van der Waals surface area contributed by atoms with Crippen molar-refractivity contribution < 1.29 is 22.7 Å². The highest BCUT2D eigenvalue weighted by Crippen LogP contribution is 2.26. The number of ether oxygens (including phenoxy) is 1. The molecule has 0 N–H and O–H groups in total. The molecule has 0 saturated carbocycles. The van der Waals surface area contributed by atoms with Crippen molar-refractivity contribution in [3.63, 3.8) is 0 Å². The van der Waals surface area contributed by atoms with Crippen LogP contribution in [0.1, 0.15) is 41.0 Å². The van der Waals surface area contributed by atoms with E-state index in [4.69, 9.17) is 0 Å². The van der Waals surface area contributed by atoms with Gasteiger partial charge >= 0.3 is 12.1 Å². The zero-order valence-corrected chi connectivity index (χ0v) is 11.0. The highest BCUT2D eigenvalue weighted by Gasteiger charge is 2.40. The first-order chi connectivity index (χ1) is 7.55. The Morgan fingerprint density at radius 2 is 1.59 bits per heavy atom. The number of halogens is 3. The van der Waals surface area contributed by atoms with E-state index in [-0.39, 0.29) is 11.8 Å². The summed E-state index contributed by atoms with van der Waals surface area (Å²) in [7, 11) is 0. The molecule has 0 spiro atoms. The molecule has 17 heavy (non-hydrogen) atoms. The van der Waals surface area contributed by atoms with E-state index in [0.717, 1.165) is 6.92 Å². The number of rotatable bonds is 5. The predicted molar refractivity (Wildman–Crippen MR) is 59.4 cm³/mol. The van der Waals surface area contributed by atoms with Crippen LogP contribution in [0.3, 0.4) is 0 Å². The minimum Gasteiger partial charge on any atom is -0.453 e. The van der Waals surface area contributed by atoms with Crippen molar-refractivity contribution in [2.45, 2.75) is 53.3 Å². The van der Waals surface area contributed by atoms with Crippen LogP contribution >= 0.6 is 0 Å². The largest absolute Gasteiger partial charge is 0.453 e. The van der Waals surface area contributed by atoms with E-state index in [1.807, 2.05) is 27.7 Å². The molecule has 0 fully saturated rings. The minimum absolute atomic E-state index is 0.0228. The first-order valence-corrected chi connectivity index (χ1v) is 5.82. The lowest BCUT2D eigenvalue weighted by Gasteiger charge is -2.24. The number of carbonyl (C=O) groups excluding carboxylic acids is 1. The van der Waals surface area contributed by atoms with Crippen LogP contribution in [0.25, 0.3) is 0 Å². The third-order valence-corrected chi connectivity index (χ3v) is 2.59. The predicted octanol–water partition coefficient (Wildman–Crippen LogP) is 3.80. The first kappa shape index (κ1) is 16.3. The number of esters is 1. The number of carbonyl (C=O) groups is 1. The second kappa shape index (κ2) is 6.26. The Balaban J connectivity index is 4.54. The Morgan fingerprint density at radius 1 is 1.12 bits per heavy atom. The molecule has 0 heterocycles. The van der Waals surface area contributed by atoms with Gasteiger partial charge in [0.05, 0.1) is 5.92 Å². The normalized spacial score (nSPS) is 16.1. The molecule has 102 valence electrons. The maximum absolute atomic E-state index is 12.3. The van der Waals surface area contributed by atoms with Crippen LogP contribution in [0.4, 0.5) is 13.2 Å². The van der Waals surface area contributed by atoms with Gasteiger partial charge < -0.3 is 4.74 Å². The van der Waals surface area contributed by atoms with Gasteiger partial charge in [0.2, 0.25) is 0 Å². The van der Waals surface area contributed by atoms with E-state index in [2.05, 4.69) is 4.74 Å². The molecule has 0 amide bonds. The fourth-order valence-corrected chi connectivity index (χ4v) is 1.48. The Morgan fingerprint density at radius 3 is 1.88 bits per heavy atom. The molecular formula is C12H21F3O2. The summed E-state index contributed by atoms with van der Waals surface area (Å²) < 4.78 is 41.3. The lowest BCUT2D eigenvalue weighted by Crippen LogP contribution is -2.35. The Hall–Kier alpha value is -0.740. The molecule has 0 saturated heterocycles. The second-order valence-corrected chi connectivity index (χ2v) is 5.10. The number of hydrogen-bond acceptors (Lipinski definition) is 2. The Kier molecular flexibility index (Phi) is 5.99. The summed E-state index contributed by atoms with van der Waals surface area (Å²) in [6.45, 7) is 8.33. The number of alkyl halides is 3. The molecule has 5 heteroatoms. The SMILES string of the molecule is CC(C)CC(C(=O)OC(C)C(F)(F)F)C(C)C. The minimum atomic E-state index is -4.49. The highest BCUT2D eigenvalue weighted by atomic mass is 19.4. The van der Waals surface area contributed by atoms with E-state index in [1.54, 1.807) is 0 Å². The van der Waals surface area contributed by atoms with Gasteiger partial charge in [-0.2, -0.15) is 13.2 Å². The average molecular weight is 254 g/mol. The molecule has 0 aromatic heterocycles. The summed E-state index contributed by atoms with van der Waals surface area (Å²) in [5.41, 5.74) is 0. The molecule has 0 aromatic rings. The standard InChI is InChI=1S/C12H21F3O2/c1-7(2)6-10(8(3)4)11(16)17-9(5)12(13,14)15/h7-10H,6H2,1-5H3. The first-order valence-electron chi connectivity index (χ1n) is 5.82. The maximum Gasteiger partial charge on any atom is 0.425 e. The van der Waals surface area contributed by atoms with Crippen LogP contribution in [-0.4, -0.2) is 18.2 Å². The molecule has 0 bridgehead atoms. The third kappa shape index (κ3) is 5.94. The van der Waals surface area contributed by atoms with E-state index >= 15 is 0 Å². The van der Waals surface area contributed by atoms with Crippen molar-refractivity contribution in [1.82, 2.24) is 0 Å². The molecular weight excluding hydrogens is 233 g/mol. The fourth-order valence-electron chi connectivity index (χ4n) is 1.48. The van der Waals surface area contributed by atoms with Crippen LogP contribution in [0.15, 0.2) is 0 Å². The smallest absolute Gasteiger partial charge is 0.425 e. The average Bonchev–Trinajstić information content (AvgIpc) is 2.11. The molecule has 2 nitrogen and oxygen atoms in total. The van der Waals surface area contributed by atoms with E-state index in [9.17, 15) is 18.0 Å². The quantitative estimate of drug-likeness (QED) is 0.697. The lowest BCUT2D eigenvalue weighted by molar-refractivity contribution is -0.219. The Bertz CT molecular complexity index is 247. The molecule has 2 atom stereocenters. The zero-order valence-electron chi connectivity index (χ0n) is 11.0. The van der Waals surface area contributed by atoms with Gasteiger partial charge in [0.25, 0.3) is 0 Å². The van der Waals surface area contributed by atoms with Gasteiger partial charge in [-0.3, -0.25) is 4.79 Å². The summed E-state index contributed by atoms with van der Waals surface area (Å²) in [6.07, 6.45) is -5.99. The van der Waals surface area contributed by atoms with Gasteiger partial charge in [0.1, 0.15) is 0 Å². The van der Waals surface area contributed by atoms with Crippen molar-refractivity contribution in [2.24, 2.45) is 17.8 Å². The topological polar surface area (TPSA) is 26.3 Å². The van der Waals surface area contributed by atoms with Crippen molar-refractivity contribution in [3.8, 4) is 0 Å². The summed E-state index contributed by atoms with van der Waals surface area (Å²) in [5.74, 6) is -1.00. The van der Waals surface area contributed by atoms with E-state index in [0.29, 0.717) is 6.42 Å². The van der Waals surface area contributed by atoms with Crippen molar-refractivity contribution >= 4 is 5.97 Å². The highest BCUT2D eigenvalue weighted by molar-refractivity contribution is 5.73. The molecule has 0 aliphatic carbocycles. The van der Waals surface area contributed by atoms with Crippen molar-refractivity contribution in [1.29, 1.82) is 0 Å². The fraction of sp³-hybridized carbons (Fsp3) is 0.917. The van der Waals surface area contributed by atoms with Gasteiger partial charge in [0.15, 0.2) is 6.10 Å². The van der Waals surface area contributed by atoms with Gasteiger partial charge in [-0.1, -0.05) is 27.7 Å². The summed E-state index contributed by atoms with van der Waals surface area (Å²) in [4.78, 5) is 11.7. The van der Waals surface area contributed by atoms with Gasteiger partial charge in [0, 0.05) is 0 Å². The van der Waals surface area contributed by atoms with Crippen LogP contribution in [0.5, 0.6) is 0 Å². The maximum atomic E-state index is 12.3. The van der Waals surface area contributed by atoms with E-state index < -0.39 is 24.2 Å². The summed E-state index contributed by atoms with van der Waals surface area (Å²) in [5, 5.41) is 0. The van der Waals surface area contributed by atoms with Crippen LogP contribution in [-0.2, 0) is 9.53 Å². The molecule has 0 aliphatic heterocycles. The van der Waals surface area contributed by atoms with E-state index in [1.165, 1.54) is 0 Å². The number of hydrogen-bond donors (Lipinski definition) is 0. The zero-order chi connectivity index (χ0) is 13.8. The summed E-state index contributed by atoms with van der Waals surface area (Å²) >= 11 is 0. The van der Waals surface area contributed by atoms with Crippen LogP contribution in [0.2, 0.25) is 0 Å². The van der Waals surface area contributed by atoms with Crippen LogP contribution in [0, 0.1) is 17.8 Å². The third-order valence-electron chi connectivity index (χ3n) is 2.59. The molecule has 0 aromatic carbocycles. The van der Waals surface area contributed by atoms with Gasteiger partial charge in [-0.25, -0.2) is 0 Å². The van der Waals surface area contributed by atoms with Gasteiger partial charge in [-0.15, -0.1) is 0 Å².